The standard InChI is InChI=1S/C61H65N4O.CH3.Pt/c1-57(2,3)41-24-27-53-55(35-41)64(46-31-43(59(7,8)9)30-45(33-46)61(13,14)40-20-16-15-17-21-40)39-63(53)47-32-44(60(10,11)12)34-49(37-47)66-48-25-26-51-50-22-18-19-23-52(50)65(54(51)38-48)56-36-42(28-29-62-56)58(4,5)6;;/h15-36,39H,1-14H3;1H3;/q-3;-1;+4. The van der Waals surface area contributed by atoms with Gasteiger partial charge in [0, 0.05) is 45.7 Å². The monoisotopic (exact) mass is 1080 g/mol. The molecule has 5 nitrogen and oxygen atoms in total. The summed E-state index contributed by atoms with van der Waals surface area (Å²) >= 11 is 0. The van der Waals surface area contributed by atoms with Crippen LogP contribution in [0.1, 0.15) is 130 Å². The van der Waals surface area contributed by atoms with Gasteiger partial charge in [-0.05, 0) is 97.3 Å². The predicted octanol–water partition coefficient (Wildman–Crippen LogP) is 16.9. The van der Waals surface area contributed by atoms with E-state index in [1.54, 1.807) is 0 Å². The Bertz CT molecular complexity index is 3120. The number of rotatable bonds is 7. The molecule has 0 aliphatic carbocycles. The summed E-state index contributed by atoms with van der Waals surface area (Å²) in [6, 6.07) is 53.8. The molecule has 0 saturated heterocycles. The Labute approximate surface area is 421 Å². The molecule has 0 saturated carbocycles. The van der Waals surface area contributed by atoms with Crippen molar-refractivity contribution in [3.05, 3.63) is 193 Å². The summed E-state index contributed by atoms with van der Waals surface area (Å²) < 4.78 is 9.11. The summed E-state index contributed by atoms with van der Waals surface area (Å²) in [6.45, 7) is 34.2. The number of aromatic nitrogens is 2. The van der Waals surface area contributed by atoms with Crippen LogP contribution in [0.4, 0.5) is 22.7 Å². The van der Waals surface area contributed by atoms with Crippen LogP contribution in [0.2, 0.25) is 0 Å². The van der Waals surface area contributed by atoms with Gasteiger partial charge >= 0.3 is 21.1 Å². The fourth-order valence-corrected chi connectivity index (χ4v) is 9.03. The third-order valence-corrected chi connectivity index (χ3v) is 13.4. The van der Waals surface area contributed by atoms with E-state index in [1.807, 2.05) is 12.3 Å². The molecule has 6 aromatic carbocycles. The van der Waals surface area contributed by atoms with Crippen molar-refractivity contribution < 1.29 is 25.8 Å². The van der Waals surface area contributed by atoms with Gasteiger partial charge in [-0.25, -0.2) is 4.98 Å². The molecule has 352 valence electrons. The molecule has 0 unspecified atom stereocenters. The summed E-state index contributed by atoms with van der Waals surface area (Å²) in [7, 11) is 0. The maximum atomic E-state index is 6.90. The molecular weight excluding hydrogens is 1010 g/mol. The van der Waals surface area contributed by atoms with E-state index in [-0.39, 0.29) is 55.6 Å². The average molecular weight is 1080 g/mol. The van der Waals surface area contributed by atoms with E-state index < -0.39 is 0 Å². The first-order valence-corrected chi connectivity index (χ1v) is 23.4. The molecule has 2 aromatic heterocycles. The number of pyridine rings is 1. The average Bonchev–Trinajstić information content (AvgIpc) is 3.81. The summed E-state index contributed by atoms with van der Waals surface area (Å²) in [6.07, 6.45) is 1.91. The first kappa shape index (κ1) is 50.2. The van der Waals surface area contributed by atoms with E-state index in [0.717, 1.165) is 55.9 Å². The van der Waals surface area contributed by atoms with Crippen molar-refractivity contribution in [2.45, 2.75) is 124 Å². The largest absolute Gasteiger partial charge is 4.00 e. The number of hydrogen-bond donors (Lipinski definition) is 0. The number of ether oxygens (including phenoxy) is 1. The number of benzene rings is 6. The van der Waals surface area contributed by atoms with Crippen LogP contribution in [0.3, 0.4) is 0 Å². The Morgan fingerprint density at radius 1 is 0.485 bits per heavy atom. The summed E-state index contributed by atoms with van der Waals surface area (Å²) in [4.78, 5) is 9.57. The van der Waals surface area contributed by atoms with Crippen molar-refractivity contribution in [1.29, 1.82) is 0 Å². The van der Waals surface area contributed by atoms with Crippen molar-refractivity contribution in [2.75, 3.05) is 9.80 Å². The first-order chi connectivity index (χ1) is 31.0. The van der Waals surface area contributed by atoms with Crippen LogP contribution >= 0.6 is 0 Å². The van der Waals surface area contributed by atoms with Gasteiger partial charge in [-0.3, -0.25) is 0 Å². The molecule has 1 aliphatic heterocycles. The fraction of sp³-hybridized carbons (Fsp3) is 0.306. The number of fused-ring (bicyclic) bond motifs is 4. The maximum Gasteiger partial charge on any atom is 4.00 e. The fourth-order valence-electron chi connectivity index (χ4n) is 9.03. The summed E-state index contributed by atoms with van der Waals surface area (Å²) in [5, 5.41) is 2.24. The van der Waals surface area contributed by atoms with Crippen LogP contribution in [0.25, 0.3) is 27.6 Å². The maximum absolute atomic E-state index is 6.90. The van der Waals surface area contributed by atoms with Gasteiger partial charge in [0.15, 0.2) is 0 Å². The first-order valence-electron chi connectivity index (χ1n) is 23.4. The molecule has 3 heterocycles. The topological polar surface area (TPSA) is 33.5 Å². The molecule has 0 fully saturated rings. The number of nitrogens with zero attached hydrogens (tertiary/aromatic N) is 4. The zero-order valence-electron chi connectivity index (χ0n) is 42.8. The van der Waals surface area contributed by atoms with E-state index in [4.69, 9.17) is 9.72 Å². The van der Waals surface area contributed by atoms with Gasteiger partial charge in [0.05, 0.1) is 0 Å². The van der Waals surface area contributed by atoms with Gasteiger partial charge in [-0.15, -0.1) is 53.6 Å². The minimum absolute atomic E-state index is 0. The van der Waals surface area contributed by atoms with Crippen molar-refractivity contribution in [2.24, 2.45) is 0 Å². The third-order valence-electron chi connectivity index (χ3n) is 13.4. The molecule has 0 spiro atoms. The molecule has 0 amide bonds. The van der Waals surface area contributed by atoms with E-state index in [0.29, 0.717) is 11.5 Å². The number of hydrogen-bond acceptors (Lipinski definition) is 4. The molecule has 0 bridgehead atoms. The van der Waals surface area contributed by atoms with Crippen LogP contribution in [0, 0.1) is 26.2 Å². The smallest absolute Gasteiger partial charge is 0.509 e. The molecule has 0 atom stereocenters. The Hall–Kier alpha value is -5.64. The Balaban J connectivity index is 0.00000342. The number of anilines is 4. The Morgan fingerprint density at radius 3 is 1.78 bits per heavy atom. The van der Waals surface area contributed by atoms with Gasteiger partial charge in [-0.2, -0.15) is 6.07 Å². The van der Waals surface area contributed by atoms with Crippen LogP contribution in [0.5, 0.6) is 11.5 Å². The van der Waals surface area contributed by atoms with Crippen LogP contribution in [-0.2, 0) is 48.1 Å². The van der Waals surface area contributed by atoms with E-state index in [2.05, 4.69) is 251 Å². The molecule has 6 heteroatoms. The molecule has 9 rings (SSSR count). The second kappa shape index (κ2) is 18.0. The second-order valence-corrected chi connectivity index (χ2v) is 22.9. The summed E-state index contributed by atoms with van der Waals surface area (Å²) in [5.41, 5.74) is 13.2. The Morgan fingerprint density at radius 2 is 1.10 bits per heavy atom. The summed E-state index contributed by atoms with van der Waals surface area (Å²) in [5.74, 6) is 2.10. The van der Waals surface area contributed by atoms with Gasteiger partial charge < -0.3 is 26.5 Å². The minimum atomic E-state index is -0.227. The predicted molar refractivity (Wildman–Crippen MR) is 284 cm³/mol. The number of para-hydroxylation sites is 1. The SMILES string of the molecule is CC(C)(C)c1cc(Oc2[c-]c3c(cc2)c2ccccc2n3-c2cc(C(C)(C)C)ccn2)[c-]c(N2[CH-]N(c3cc(C(C)(C)C)cc(C(C)(C)c4ccccc4)c3)c3cc(C(C)(C)C)ccc32)c1.[CH3-].[Pt+4]. The molecule has 0 radical (unpaired) electrons. The zero-order valence-corrected chi connectivity index (χ0v) is 45.1. The third kappa shape index (κ3) is 9.53. The van der Waals surface area contributed by atoms with E-state index in [1.165, 1.54) is 27.8 Å². The van der Waals surface area contributed by atoms with E-state index in [9.17, 15) is 0 Å². The van der Waals surface area contributed by atoms with Crippen molar-refractivity contribution in [3.8, 4) is 17.3 Å². The van der Waals surface area contributed by atoms with Crippen LogP contribution in [-0.4, -0.2) is 9.55 Å². The normalized spacial score (nSPS) is 13.4. The quantitative estimate of drug-likeness (QED) is 0.149. The Kier molecular flexibility index (Phi) is 13.3. The van der Waals surface area contributed by atoms with Crippen LogP contribution in [0.15, 0.2) is 134 Å². The van der Waals surface area contributed by atoms with Gasteiger partial charge in [0.25, 0.3) is 0 Å². The van der Waals surface area contributed by atoms with Gasteiger partial charge in [0.1, 0.15) is 5.82 Å². The molecule has 68 heavy (non-hydrogen) atoms. The molecule has 0 N–H and O–H groups in total. The van der Waals surface area contributed by atoms with Gasteiger partial charge in [0.2, 0.25) is 0 Å². The second-order valence-electron chi connectivity index (χ2n) is 22.9. The molecular formula is C62H68N4OPt. The van der Waals surface area contributed by atoms with Crippen LogP contribution < -0.4 is 14.5 Å². The van der Waals surface area contributed by atoms with Crippen molar-refractivity contribution in [1.82, 2.24) is 9.55 Å². The van der Waals surface area contributed by atoms with Gasteiger partial charge in [-0.1, -0.05) is 163 Å². The zero-order chi connectivity index (χ0) is 47.1. The van der Waals surface area contributed by atoms with E-state index >= 15 is 0 Å². The van der Waals surface area contributed by atoms with Crippen molar-refractivity contribution >= 4 is 44.6 Å². The minimum Gasteiger partial charge on any atom is -0.509 e. The molecule has 8 aromatic rings. The van der Waals surface area contributed by atoms with Crippen molar-refractivity contribution in [3.63, 3.8) is 0 Å². The molecule has 1 aliphatic rings.